The van der Waals surface area contributed by atoms with E-state index in [0.29, 0.717) is 12.2 Å². The monoisotopic (exact) mass is 424 g/mol. The Hall–Kier alpha value is -4.46. The molecule has 0 saturated heterocycles. The van der Waals surface area contributed by atoms with Crippen LogP contribution in [0.4, 0.5) is 22.7 Å². The number of hydrogen-bond acceptors (Lipinski definition) is 8. The van der Waals surface area contributed by atoms with Gasteiger partial charge in [-0.25, -0.2) is 0 Å². The highest BCUT2D eigenvalue weighted by Gasteiger charge is 2.31. The highest BCUT2D eigenvalue weighted by atomic mass is 16.3. The van der Waals surface area contributed by atoms with Crippen molar-refractivity contribution in [2.75, 3.05) is 10.2 Å². The predicted octanol–water partition coefficient (Wildman–Crippen LogP) is 5.43. The van der Waals surface area contributed by atoms with Gasteiger partial charge in [0, 0.05) is 18.5 Å². The van der Waals surface area contributed by atoms with Crippen LogP contribution in [0.3, 0.4) is 0 Å². The number of rotatable bonds is 5. The van der Waals surface area contributed by atoms with Crippen LogP contribution in [0.1, 0.15) is 17.6 Å². The zero-order chi connectivity index (χ0) is 21.9. The molecule has 32 heavy (non-hydrogen) atoms. The lowest BCUT2D eigenvalue weighted by molar-refractivity contribution is 0.451. The van der Waals surface area contributed by atoms with E-state index >= 15 is 0 Å². The second-order valence-corrected chi connectivity index (χ2v) is 7.32. The van der Waals surface area contributed by atoms with Gasteiger partial charge < -0.3 is 20.4 Å². The van der Waals surface area contributed by atoms with E-state index in [4.69, 9.17) is 0 Å². The van der Waals surface area contributed by atoms with E-state index in [1.807, 2.05) is 54.6 Å². The normalized spacial score (nSPS) is 15.0. The smallest absolute Gasteiger partial charge is 0.146 e. The van der Waals surface area contributed by atoms with Gasteiger partial charge in [0.1, 0.15) is 23.4 Å². The molecule has 1 atom stereocenters. The fraction of sp³-hybridized carbons (Fsp3) is 0.0833. The molecule has 1 unspecified atom stereocenters. The van der Waals surface area contributed by atoms with E-state index in [1.165, 1.54) is 18.2 Å². The van der Waals surface area contributed by atoms with Gasteiger partial charge in [0.25, 0.3) is 0 Å². The maximum Gasteiger partial charge on any atom is 0.146 e. The van der Waals surface area contributed by atoms with Gasteiger partial charge in [-0.3, -0.25) is 9.97 Å². The summed E-state index contributed by atoms with van der Waals surface area (Å²) in [5.74, 6) is -0.165. The summed E-state index contributed by atoms with van der Waals surface area (Å²) in [6.45, 7) is 0.615. The Morgan fingerprint density at radius 3 is 2.47 bits per heavy atom. The van der Waals surface area contributed by atoms with E-state index < -0.39 is 0 Å². The topological polar surface area (TPSA) is 106 Å². The van der Waals surface area contributed by atoms with Gasteiger partial charge in [0.05, 0.1) is 35.0 Å². The maximum atomic E-state index is 9.91. The van der Waals surface area contributed by atoms with Crippen LogP contribution in [-0.2, 0) is 6.54 Å². The van der Waals surface area contributed by atoms with Gasteiger partial charge in [0.2, 0.25) is 0 Å². The molecule has 5 rings (SSSR count). The van der Waals surface area contributed by atoms with Gasteiger partial charge in [0.15, 0.2) is 0 Å². The Balaban J connectivity index is 1.46. The summed E-state index contributed by atoms with van der Waals surface area (Å²) in [5.41, 5.74) is 4.68. The number of fused-ring (bicyclic) bond motifs is 1. The molecule has 0 fully saturated rings. The van der Waals surface area contributed by atoms with Crippen molar-refractivity contribution in [3.8, 4) is 11.5 Å². The van der Waals surface area contributed by atoms with Crippen molar-refractivity contribution in [3.05, 3.63) is 96.6 Å². The lowest BCUT2D eigenvalue weighted by Crippen LogP contribution is -2.28. The van der Waals surface area contributed by atoms with Crippen LogP contribution in [0, 0.1) is 0 Å². The third-order valence-corrected chi connectivity index (χ3v) is 5.15. The molecule has 0 aliphatic carbocycles. The molecule has 1 aliphatic rings. The zero-order valence-corrected chi connectivity index (χ0v) is 17.0. The van der Waals surface area contributed by atoms with Crippen molar-refractivity contribution >= 4 is 22.7 Å². The Bertz CT molecular complexity index is 1260. The molecule has 2 aromatic carbocycles. The Morgan fingerprint density at radius 1 is 0.875 bits per heavy atom. The molecule has 3 heterocycles. The van der Waals surface area contributed by atoms with Crippen molar-refractivity contribution in [1.29, 1.82) is 0 Å². The molecule has 1 aliphatic heterocycles. The van der Waals surface area contributed by atoms with Crippen molar-refractivity contribution in [3.63, 3.8) is 0 Å². The molecule has 0 amide bonds. The summed E-state index contributed by atoms with van der Waals surface area (Å²) in [5, 5.41) is 31.2. The highest BCUT2D eigenvalue weighted by Crippen LogP contribution is 2.43. The van der Waals surface area contributed by atoms with E-state index in [1.54, 1.807) is 12.4 Å². The molecule has 4 aromatic rings. The number of phenols is 2. The Morgan fingerprint density at radius 2 is 1.72 bits per heavy atom. The lowest BCUT2D eigenvalue weighted by atomic mass is 10.2. The third-order valence-electron chi connectivity index (χ3n) is 5.15. The summed E-state index contributed by atoms with van der Waals surface area (Å²) in [7, 11) is 0. The summed E-state index contributed by atoms with van der Waals surface area (Å²) in [4.78, 5) is 11.2. The number of phenolic OH excluding ortho intramolecular Hbond substituents is 2. The van der Waals surface area contributed by atoms with Crippen molar-refractivity contribution in [1.82, 2.24) is 9.97 Å². The number of azo groups is 1. The molecular weight excluding hydrogens is 404 g/mol. The van der Waals surface area contributed by atoms with Gasteiger partial charge in [-0.15, -0.1) is 5.11 Å². The average Bonchev–Trinajstić information content (AvgIpc) is 3.17. The van der Waals surface area contributed by atoms with Crippen LogP contribution < -0.4 is 10.2 Å². The molecule has 158 valence electrons. The van der Waals surface area contributed by atoms with Gasteiger partial charge >= 0.3 is 0 Å². The quantitative estimate of drug-likeness (QED) is 0.369. The van der Waals surface area contributed by atoms with Crippen LogP contribution in [0.25, 0.3) is 0 Å². The molecule has 3 N–H and O–H groups in total. The van der Waals surface area contributed by atoms with Crippen molar-refractivity contribution in [2.45, 2.75) is 12.7 Å². The molecule has 8 heteroatoms. The summed E-state index contributed by atoms with van der Waals surface area (Å²) < 4.78 is 0. The average molecular weight is 424 g/mol. The fourth-order valence-corrected chi connectivity index (χ4v) is 3.64. The van der Waals surface area contributed by atoms with Crippen LogP contribution >= 0.6 is 0 Å². The summed E-state index contributed by atoms with van der Waals surface area (Å²) in [6, 6.07) is 21.7. The first-order chi connectivity index (χ1) is 15.7. The first kappa shape index (κ1) is 19.5. The molecule has 0 saturated carbocycles. The van der Waals surface area contributed by atoms with Gasteiger partial charge in [-0.05, 0) is 54.6 Å². The first-order valence-corrected chi connectivity index (χ1v) is 10.1. The van der Waals surface area contributed by atoms with Crippen LogP contribution in [-0.4, -0.2) is 20.2 Å². The lowest BCUT2D eigenvalue weighted by Gasteiger charge is -2.26. The first-order valence-electron chi connectivity index (χ1n) is 10.1. The summed E-state index contributed by atoms with van der Waals surface area (Å²) in [6.07, 6.45) is 3.42. The number of benzene rings is 2. The number of pyridine rings is 2. The molecule has 8 nitrogen and oxygen atoms in total. The van der Waals surface area contributed by atoms with E-state index in [-0.39, 0.29) is 23.4 Å². The van der Waals surface area contributed by atoms with Crippen molar-refractivity contribution < 1.29 is 10.2 Å². The number of hydrogen-bond donors (Lipinski definition) is 3. The maximum absolute atomic E-state index is 9.91. The predicted molar refractivity (Wildman–Crippen MR) is 121 cm³/mol. The third kappa shape index (κ3) is 3.93. The van der Waals surface area contributed by atoms with E-state index in [0.717, 1.165) is 22.8 Å². The van der Waals surface area contributed by atoms with Gasteiger partial charge in [-0.2, -0.15) is 5.11 Å². The second-order valence-electron chi connectivity index (χ2n) is 7.32. The minimum atomic E-state index is -0.151. The zero-order valence-electron chi connectivity index (χ0n) is 17.0. The van der Waals surface area contributed by atoms with Crippen LogP contribution in [0.15, 0.2) is 95.4 Å². The molecule has 0 bridgehead atoms. The minimum absolute atomic E-state index is 0.0308. The van der Waals surface area contributed by atoms with Crippen LogP contribution in [0.5, 0.6) is 11.5 Å². The Kier molecular flexibility index (Phi) is 5.09. The fourth-order valence-electron chi connectivity index (χ4n) is 3.64. The molecule has 0 spiro atoms. The van der Waals surface area contributed by atoms with Crippen LogP contribution in [0.2, 0.25) is 0 Å². The SMILES string of the molecule is Oc1ccc(/N=N/c2ccc3c(c2)NC(c2ccccn2)N3Cc2ccccn2)c(O)c1. The Labute approximate surface area is 184 Å². The van der Waals surface area contributed by atoms with Gasteiger partial charge in [-0.1, -0.05) is 12.1 Å². The number of aromatic nitrogens is 2. The molecule has 2 aromatic heterocycles. The minimum Gasteiger partial charge on any atom is -0.508 e. The number of nitrogens with zero attached hydrogens (tertiary/aromatic N) is 5. The number of anilines is 2. The largest absolute Gasteiger partial charge is 0.508 e. The van der Waals surface area contributed by atoms with Crippen molar-refractivity contribution in [2.24, 2.45) is 10.2 Å². The number of nitrogens with one attached hydrogen (secondary N) is 1. The highest BCUT2D eigenvalue weighted by molar-refractivity contribution is 5.79. The van der Waals surface area contributed by atoms with E-state index in [2.05, 4.69) is 30.4 Å². The standard InChI is InChI=1S/C24H20N6O2/c31-18-8-9-19(23(32)14-18)29-28-16-7-10-22-21(13-16)27-24(20-6-2-4-12-26-20)30(22)15-17-5-1-3-11-25-17/h1-14,24,27,31-32H,15H2/b29-28+. The second kappa shape index (κ2) is 8.35. The van der Waals surface area contributed by atoms with E-state index in [9.17, 15) is 10.2 Å². The number of aromatic hydroxyl groups is 2. The molecular formula is C24H20N6O2. The molecule has 0 radical (unpaired) electrons. The summed E-state index contributed by atoms with van der Waals surface area (Å²) >= 11 is 0.